The number of hydrogen-bond acceptors (Lipinski definition) is 5. The number of amides is 1. The third-order valence-electron chi connectivity index (χ3n) is 3.21. The monoisotopic (exact) mass is 348 g/mol. The minimum Gasteiger partial charge on any atom is -0.494 e. The normalized spacial score (nSPS) is 10.4. The summed E-state index contributed by atoms with van der Waals surface area (Å²) < 4.78 is 5.56. The minimum absolute atomic E-state index is 0.0627. The number of carboxylic acid groups (broad SMARTS) is 1. The van der Waals surface area contributed by atoms with Crippen LogP contribution in [-0.2, 0) is 9.59 Å². The Labute approximate surface area is 144 Å². The van der Waals surface area contributed by atoms with Crippen LogP contribution in [0.3, 0.4) is 0 Å². The molecule has 0 aliphatic carbocycles. The van der Waals surface area contributed by atoms with Gasteiger partial charge >= 0.3 is 5.97 Å². The average molecular weight is 348 g/mol. The zero-order valence-electron chi connectivity index (χ0n) is 13.7. The third-order valence-corrected chi connectivity index (χ3v) is 4.10. The van der Waals surface area contributed by atoms with Crippen LogP contribution in [0.1, 0.15) is 31.1 Å². The van der Waals surface area contributed by atoms with Gasteiger partial charge in [0.2, 0.25) is 5.91 Å². The number of ether oxygens (including phenoxy) is 1. The first kappa shape index (κ1) is 17.9. The number of aromatic nitrogens is 1. The molecule has 0 spiro atoms. The number of nitrogens with zero attached hydrogens (tertiary/aromatic N) is 1. The number of thiazole rings is 1. The largest absolute Gasteiger partial charge is 0.494 e. The first-order valence-electron chi connectivity index (χ1n) is 7.72. The van der Waals surface area contributed by atoms with Crippen LogP contribution in [0.15, 0.2) is 24.3 Å². The summed E-state index contributed by atoms with van der Waals surface area (Å²) in [6.07, 6.45) is 0.701. The second-order valence-corrected chi connectivity index (χ2v) is 6.44. The molecular formula is C17H20N2O4S. The predicted molar refractivity (Wildman–Crippen MR) is 93.6 cm³/mol. The van der Waals surface area contributed by atoms with Crippen molar-refractivity contribution >= 4 is 28.3 Å². The van der Waals surface area contributed by atoms with Crippen LogP contribution in [0.25, 0.3) is 11.3 Å². The molecule has 7 heteroatoms. The summed E-state index contributed by atoms with van der Waals surface area (Å²) in [6.45, 7) is 4.67. The molecule has 0 unspecified atom stereocenters. The highest BCUT2D eigenvalue weighted by Gasteiger charge is 2.13. The smallest absolute Gasteiger partial charge is 0.303 e. The average Bonchev–Trinajstić information content (AvgIpc) is 2.91. The van der Waals surface area contributed by atoms with E-state index in [0.29, 0.717) is 11.7 Å². The summed E-state index contributed by atoms with van der Waals surface area (Å²) in [7, 11) is 0. The Morgan fingerprint density at radius 1 is 1.25 bits per heavy atom. The van der Waals surface area contributed by atoms with Crippen molar-refractivity contribution in [1.82, 2.24) is 4.98 Å². The summed E-state index contributed by atoms with van der Waals surface area (Å²) in [5.41, 5.74) is 1.74. The van der Waals surface area contributed by atoms with Gasteiger partial charge in [0.1, 0.15) is 5.75 Å². The van der Waals surface area contributed by atoms with E-state index in [2.05, 4.69) is 17.2 Å². The van der Waals surface area contributed by atoms with Crippen LogP contribution in [-0.4, -0.2) is 28.6 Å². The van der Waals surface area contributed by atoms with Gasteiger partial charge in [-0.3, -0.25) is 9.59 Å². The zero-order chi connectivity index (χ0) is 17.5. The van der Waals surface area contributed by atoms with Crippen molar-refractivity contribution in [3.63, 3.8) is 0 Å². The van der Waals surface area contributed by atoms with Crippen molar-refractivity contribution in [3.8, 4) is 17.0 Å². The van der Waals surface area contributed by atoms with E-state index >= 15 is 0 Å². The molecule has 1 aromatic carbocycles. The van der Waals surface area contributed by atoms with Gasteiger partial charge in [-0.1, -0.05) is 6.92 Å². The van der Waals surface area contributed by atoms with E-state index in [9.17, 15) is 9.59 Å². The van der Waals surface area contributed by atoms with Crippen molar-refractivity contribution < 1.29 is 19.4 Å². The van der Waals surface area contributed by atoms with E-state index in [0.717, 1.165) is 28.3 Å². The van der Waals surface area contributed by atoms with Crippen LogP contribution in [0.4, 0.5) is 5.13 Å². The number of nitrogens with one attached hydrogen (secondary N) is 1. The molecule has 128 valence electrons. The van der Waals surface area contributed by atoms with Gasteiger partial charge in [-0.25, -0.2) is 4.98 Å². The number of carboxylic acids is 1. The van der Waals surface area contributed by atoms with Gasteiger partial charge in [-0.05, 0) is 37.6 Å². The molecule has 6 nitrogen and oxygen atoms in total. The number of anilines is 1. The molecule has 2 aromatic rings. The maximum absolute atomic E-state index is 11.7. The van der Waals surface area contributed by atoms with Crippen molar-refractivity contribution in [2.24, 2.45) is 0 Å². The lowest BCUT2D eigenvalue weighted by molar-refractivity contribution is -0.138. The van der Waals surface area contributed by atoms with Crippen molar-refractivity contribution in [2.45, 2.75) is 33.1 Å². The fraction of sp³-hybridized carbons (Fsp3) is 0.353. The number of aryl methyl sites for hydroxylation is 1. The second-order valence-electron chi connectivity index (χ2n) is 5.24. The Balaban J connectivity index is 2.05. The van der Waals surface area contributed by atoms with Crippen LogP contribution in [0, 0.1) is 6.92 Å². The Morgan fingerprint density at radius 2 is 1.96 bits per heavy atom. The molecule has 2 N–H and O–H groups in total. The first-order chi connectivity index (χ1) is 11.5. The van der Waals surface area contributed by atoms with E-state index < -0.39 is 5.97 Å². The standard InChI is InChI=1S/C17H20N2O4S/c1-3-10-23-13-6-4-12(5-7-13)16-11(2)24-17(19-16)18-14(20)8-9-15(21)22/h4-7H,3,8-10H2,1-2H3,(H,21,22)(H,18,19,20). The lowest BCUT2D eigenvalue weighted by Crippen LogP contribution is -2.12. The Bertz CT molecular complexity index is 710. The molecule has 0 saturated carbocycles. The molecule has 0 radical (unpaired) electrons. The fourth-order valence-corrected chi connectivity index (χ4v) is 2.90. The molecule has 0 saturated heterocycles. The summed E-state index contributed by atoms with van der Waals surface area (Å²) in [4.78, 5) is 27.6. The number of rotatable bonds is 8. The van der Waals surface area contributed by atoms with Crippen molar-refractivity contribution in [1.29, 1.82) is 0 Å². The van der Waals surface area contributed by atoms with Gasteiger partial charge in [-0.15, -0.1) is 11.3 Å². The molecule has 2 rings (SSSR count). The van der Waals surface area contributed by atoms with Gasteiger partial charge in [0.25, 0.3) is 0 Å². The van der Waals surface area contributed by atoms with E-state index in [4.69, 9.17) is 9.84 Å². The zero-order valence-corrected chi connectivity index (χ0v) is 14.5. The Morgan fingerprint density at radius 3 is 2.58 bits per heavy atom. The van der Waals surface area contributed by atoms with Gasteiger partial charge in [0.05, 0.1) is 18.7 Å². The highest BCUT2D eigenvalue weighted by atomic mass is 32.1. The molecule has 0 atom stereocenters. The minimum atomic E-state index is -0.994. The quantitative estimate of drug-likeness (QED) is 0.759. The molecule has 1 aromatic heterocycles. The van der Waals surface area contributed by atoms with Gasteiger partial charge < -0.3 is 15.2 Å². The summed E-state index contributed by atoms with van der Waals surface area (Å²) in [5.74, 6) is -0.525. The summed E-state index contributed by atoms with van der Waals surface area (Å²) >= 11 is 1.37. The molecule has 1 heterocycles. The highest BCUT2D eigenvalue weighted by molar-refractivity contribution is 7.16. The Hall–Kier alpha value is -2.41. The number of hydrogen-bond donors (Lipinski definition) is 2. The lowest BCUT2D eigenvalue weighted by Gasteiger charge is -2.05. The molecule has 1 amide bonds. The SMILES string of the molecule is CCCOc1ccc(-c2nc(NC(=O)CCC(=O)O)sc2C)cc1. The van der Waals surface area contributed by atoms with Crippen molar-refractivity contribution in [3.05, 3.63) is 29.1 Å². The fourth-order valence-electron chi connectivity index (χ4n) is 2.05. The summed E-state index contributed by atoms with van der Waals surface area (Å²) in [5, 5.41) is 11.7. The maximum atomic E-state index is 11.7. The topological polar surface area (TPSA) is 88.5 Å². The van der Waals surface area contributed by atoms with Crippen molar-refractivity contribution in [2.75, 3.05) is 11.9 Å². The predicted octanol–water partition coefficient (Wildman–Crippen LogP) is 3.71. The van der Waals surface area contributed by atoms with E-state index in [1.54, 1.807) is 0 Å². The van der Waals surface area contributed by atoms with Gasteiger partial charge in [0.15, 0.2) is 5.13 Å². The number of carbonyl (C=O) groups excluding carboxylic acids is 1. The molecule has 0 fully saturated rings. The van der Waals surface area contributed by atoms with Gasteiger partial charge in [0, 0.05) is 16.9 Å². The molecular weight excluding hydrogens is 328 g/mol. The first-order valence-corrected chi connectivity index (χ1v) is 8.53. The number of benzene rings is 1. The highest BCUT2D eigenvalue weighted by Crippen LogP contribution is 2.31. The lowest BCUT2D eigenvalue weighted by atomic mass is 10.1. The number of carbonyl (C=O) groups is 2. The third kappa shape index (κ3) is 5.06. The van der Waals surface area contributed by atoms with Crippen LogP contribution < -0.4 is 10.1 Å². The van der Waals surface area contributed by atoms with E-state index in [1.807, 2.05) is 31.2 Å². The molecule has 0 aliphatic rings. The van der Waals surface area contributed by atoms with Gasteiger partial charge in [-0.2, -0.15) is 0 Å². The van der Waals surface area contributed by atoms with Crippen LogP contribution in [0.5, 0.6) is 5.75 Å². The molecule has 24 heavy (non-hydrogen) atoms. The second kappa shape index (κ2) is 8.44. The van der Waals surface area contributed by atoms with E-state index in [1.165, 1.54) is 11.3 Å². The molecule has 0 aliphatic heterocycles. The van der Waals surface area contributed by atoms with E-state index in [-0.39, 0.29) is 18.7 Å². The Kier molecular flexibility index (Phi) is 6.31. The van der Waals surface area contributed by atoms with Crippen LogP contribution >= 0.6 is 11.3 Å². The maximum Gasteiger partial charge on any atom is 0.303 e. The number of aliphatic carboxylic acids is 1. The van der Waals surface area contributed by atoms with Crippen LogP contribution in [0.2, 0.25) is 0 Å². The summed E-state index contributed by atoms with van der Waals surface area (Å²) in [6, 6.07) is 7.66. The molecule has 0 bridgehead atoms.